The van der Waals surface area contributed by atoms with Crippen molar-refractivity contribution in [2.24, 2.45) is 0 Å². The molecule has 1 saturated carbocycles. The van der Waals surface area contributed by atoms with Crippen LogP contribution >= 0.6 is 0 Å². The predicted molar refractivity (Wildman–Crippen MR) is 100 cm³/mol. The van der Waals surface area contributed by atoms with Gasteiger partial charge in [0.2, 0.25) is 0 Å². The molecule has 8 heteroatoms. The number of nitrogens with one attached hydrogen (secondary N) is 1. The van der Waals surface area contributed by atoms with Crippen LogP contribution in [-0.2, 0) is 6.54 Å². The molecular formula is C19H19N5O3. The second kappa shape index (κ2) is 7.06. The van der Waals surface area contributed by atoms with Crippen molar-refractivity contribution in [3.05, 3.63) is 70.5 Å². The predicted octanol–water partition coefficient (Wildman–Crippen LogP) is 3.83. The van der Waals surface area contributed by atoms with Gasteiger partial charge in [-0.25, -0.2) is 9.31 Å². The maximum absolute atomic E-state index is 12.8. The first-order valence-corrected chi connectivity index (χ1v) is 8.84. The van der Waals surface area contributed by atoms with E-state index in [0.717, 1.165) is 30.3 Å². The SMILES string of the molecule is O=C(Nc1ccc([N+](=O)[O-])cc1)N(Cc1ccn2nccc2c1)C1CCC1. The van der Waals surface area contributed by atoms with E-state index in [0.29, 0.717) is 12.2 Å². The second-order valence-corrected chi connectivity index (χ2v) is 6.68. The number of nitro groups is 1. The van der Waals surface area contributed by atoms with Crippen LogP contribution in [0.3, 0.4) is 0 Å². The maximum Gasteiger partial charge on any atom is 0.322 e. The van der Waals surface area contributed by atoms with E-state index in [1.54, 1.807) is 22.8 Å². The quantitative estimate of drug-likeness (QED) is 0.549. The molecular weight excluding hydrogens is 346 g/mol. The highest BCUT2D eigenvalue weighted by Crippen LogP contribution is 2.27. The maximum atomic E-state index is 12.8. The van der Waals surface area contributed by atoms with Crippen LogP contribution in [0.5, 0.6) is 0 Å². The molecule has 4 rings (SSSR count). The molecule has 0 spiro atoms. The summed E-state index contributed by atoms with van der Waals surface area (Å²) in [5, 5.41) is 17.8. The lowest BCUT2D eigenvalue weighted by Gasteiger charge is -2.37. The number of hydrogen-bond acceptors (Lipinski definition) is 4. The third kappa shape index (κ3) is 3.59. The van der Waals surface area contributed by atoms with E-state index >= 15 is 0 Å². The van der Waals surface area contributed by atoms with Crippen molar-refractivity contribution in [2.75, 3.05) is 5.32 Å². The van der Waals surface area contributed by atoms with E-state index in [1.807, 2.05) is 29.3 Å². The molecule has 138 valence electrons. The Bertz CT molecular complexity index is 978. The van der Waals surface area contributed by atoms with Gasteiger partial charge in [0.1, 0.15) is 0 Å². The summed E-state index contributed by atoms with van der Waals surface area (Å²) in [5.74, 6) is 0. The Morgan fingerprint density at radius 3 is 2.70 bits per heavy atom. The zero-order valence-corrected chi connectivity index (χ0v) is 14.6. The molecule has 1 fully saturated rings. The van der Waals surface area contributed by atoms with Crippen molar-refractivity contribution >= 4 is 22.9 Å². The highest BCUT2D eigenvalue weighted by Gasteiger charge is 2.29. The summed E-state index contributed by atoms with van der Waals surface area (Å²) >= 11 is 0. The zero-order chi connectivity index (χ0) is 18.8. The van der Waals surface area contributed by atoms with E-state index in [4.69, 9.17) is 0 Å². The van der Waals surface area contributed by atoms with Crippen molar-refractivity contribution in [3.63, 3.8) is 0 Å². The molecule has 0 saturated heterocycles. The lowest BCUT2D eigenvalue weighted by molar-refractivity contribution is -0.384. The Balaban J connectivity index is 1.50. The number of benzene rings is 1. The van der Waals surface area contributed by atoms with Crippen LogP contribution in [0.25, 0.3) is 5.52 Å². The normalized spacial score (nSPS) is 13.9. The van der Waals surface area contributed by atoms with Crippen LogP contribution in [0.15, 0.2) is 54.9 Å². The Morgan fingerprint density at radius 2 is 2.04 bits per heavy atom. The molecule has 1 N–H and O–H groups in total. The van der Waals surface area contributed by atoms with E-state index in [-0.39, 0.29) is 17.8 Å². The molecule has 0 atom stereocenters. The van der Waals surface area contributed by atoms with Crippen molar-refractivity contribution in [1.82, 2.24) is 14.5 Å². The molecule has 2 aromatic heterocycles. The first-order chi connectivity index (χ1) is 13.1. The molecule has 1 aromatic carbocycles. The van der Waals surface area contributed by atoms with Gasteiger partial charge in [-0.1, -0.05) is 0 Å². The summed E-state index contributed by atoms with van der Waals surface area (Å²) in [7, 11) is 0. The standard InChI is InChI=1S/C19H19N5O3/c25-19(21-15-4-6-17(7-5-15)24(26)27)22(16-2-1-3-16)13-14-9-11-23-18(12-14)8-10-20-23/h4-12,16H,1-3,13H2,(H,21,25). The summed E-state index contributed by atoms with van der Waals surface area (Å²) < 4.78 is 1.79. The Kier molecular flexibility index (Phi) is 4.45. The monoisotopic (exact) mass is 365 g/mol. The number of pyridine rings is 1. The van der Waals surface area contributed by atoms with Gasteiger partial charge >= 0.3 is 6.03 Å². The number of nitrogens with zero attached hydrogens (tertiary/aromatic N) is 4. The van der Waals surface area contributed by atoms with Crippen molar-refractivity contribution in [3.8, 4) is 0 Å². The van der Waals surface area contributed by atoms with Gasteiger partial charge in [0, 0.05) is 42.8 Å². The largest absolute Gasteiger partial charge is 0.322 e. The smallest absolute Gasteiger partial charge is 0.317 e. The summed E-state index contributed by atoms with van der Waals surface area (Å²) in [6, 6.07) is 11.8. The van der Waals surface area contributed by atoms with E-state index in [2.05, 4.69) is 10.4 Å². The number of fused-ring (bicyclic) bond motifs is 1. The molecule has 0 bridgehead atoms. The summed E-state index contributed by atoms with van der Waals surface area (Å²) in [5.41, 5.74) is 2.56. The number of urea groups is 1. The van der Waals surface area contributed by atoms with Gasteiger partial charge in [-0.2, -0.15) is 5.10 Å². The minimum Gasteiger partial charge on any atom is -0.317 e. The summed E-state index contributed by atoms with van der Waals surface area (Å²) in [6.45, 7) is 0.505. The number of carbonyl (C=O) groups excluding carboxylic acids is 1. The number of carbonyl (C=O) groups is 1. The summed E-state index contributed by atoms with van der Waals surface area (Å²) in [6.07, 6.45) is 6.72. The molecule has 1 aliphatic carbocycles. The molecule has 2 amide bonds. The number of aromatic nitrogens is 2. The Hall–Kier alpha value is -3.42. The minimum absolute atomic E-state index is 0.00189. The van der Waals surface area contributed by atoms with Crippen LogP contribution in [0, 0.1) is 10.1 Å². The number of hydrogen-bond donors (Lipinski definition) is 1. The van der Waals surface area contributed by atoms with Crippen LogP contribution in [-0.4, -0.2) is 31.5 Å². The fourth-order valence-corrected chi connectivity index (χ4v) is 3.19. The molecule has 0 radical (unpaired) electrons. The molecule has 0 aliphatic heterocycles. The first-order valence-electron chi connectivity index (χ1n) is 8.84. The average molecular weight is 365 g/mol. The topological polar surface area (TPSA) is 92.8 Å². The van der Waals surface area contributed by atoms with Crippen molar-refractivity contribution in [1.29, 1.82) is 0 Å². The fraction of sp³-hybridized carbons (Fsp3) is 0.263. The Morgan fingerprint density at radius 1 is 1.26 bits per heavy atom. The highest BCUT2D eigenvalue weighted by molar-refractivity contribution is 5.89. The number of rotatable bonds is 5. The van der Waals surface area contributed by atoms with Crippen LogP contribution in [0.2, 0.25) is 0 Å². The second-order valence-electron chi connectivity index (χ2n) is 6.68. The molecule has 27 heavy (non-hydrogen) atoms. The first kappa shape index (κ1) is 17.0. The molecule has 8 nitrogen and oxygen atoms in total. The third-order valence-electron chi connectivity index (χ3n) is 4.92. The van der Waals surface area contributed by atoms with Crippen molar-refractivity contribution < 1.29 is 9.72 Å². The fourth-order valence-electron chi connectivity index (χ4n) is 3.19. The molecule has 3 aromatic rings. The number of non-ortho nitro benzene ring substituents is 1. The van der Waals surface area contributed by atoms with E-state index in [1.165, 1.54) is 12.1 Å². The van der Waals surface area contributed by atoms with Gasteiger partial charge in [0.25, 0.3) is 5.69 Å². The molecule has 2 heterocycles. The summed E-state index contributed by atoms with van der Waals surface area (Å²) in [4.78, 5) is 25.0. The van der Waals surface area contributed by atoms with Gasteiger partial charge in [-0.3, -0.25) is 10.1 Å². The number of amides is 2. The lowest BCUT2D eigenvalue weighted by Crippen LogP contribution is -2.45. The Labute approximate surface area is 155 Å². The van der Waals surface area contributed by atoms with Gasteiger partial charge < -0.3 is 10.2 Å². The lowest BCUT2D eigenvalue weighted by atomic mass is 9.91. The van der Waals surface area contributed by atoms with Crippen LogP contribution in [0.1, 0.15) is 24.8 Å². The van der Waals surface area contributed by atoms with Crippen LogP contribution < -0.4 is 5.32 Å². The third-order valence-corrected chi connectivity index (χ3v) is 4.92. The molecule has 1 aliphatic rings. The van der Waals surface area contributed by atoms with Gasteiger partial charge in [-0.15, -0.1) is 0 Å². The highest BCUT2D eigenvalue weighted by atomic mass is 16.6. The van der Waals surface area contributed by atoms with Crippen molar-refractivity contribution in [2.45, 2.75) is 31.8 Å². The van der Waals surface area contributed by atoms with Gasteiger partial charge in [0.05, 0.1) is 10.4 Å². The number of nitro benzene ring substituents is 1. The van der Waals surface area contributed by atoms with Gasteiger partial charge in [-0.05, 0) is 55.2 Å². The zero-order valence-electron chi connectivity index (χ0n) is 14.6. The van der Waals surface area contributed by atoms with Crippen LogP contribution in [0.4, 0.5) is 16.2 Å². The van der Waals surface area contributed by atoms with Gasteiger partial charge in [0.15, 0.2) is 0 Å². The van der Waals surface area contributed by atoms with E-state index < -0.39 is 4.92 Å². The molecule has 0 unspecified atom stereocenters. The minimum atomic E-state index is -0.459. The number of anilines is 1. The van der Waals surface area contributed by atoms with E-state index in [9.17, 15) is 14.9 Å². The average Bonchev–Trinajstić information content (AvgIpc) is 3.08.